The van der Waals surface area contributed by atoms with Gasteiger partial charge in [0.1, 0.15) is 5.82 Å². The molecule has 3 rings (SSSR count). The van der Waals surface area contributed by atoms with Crippen LogP contribution in [-0.4, -0.2) is 17.4 Å². The van der Waals surface area contributed by atoms with Crippen molar-refractivity contribution >= 4 is 28.6 Å². The maximum Gasteiger partial charge on any atom is 0.261 e. The summed E-state index contributed by atoms with van der Waals surface area (Å²) in [4.78, 5) is 17.0. The molecule has 0 radical (unpaired) electrons. The van der Waals surface area contributed by atoms with Crippen LogP contribution in [0.4, 0.5) is 4.39 Å². The van der Waals surface area contributed by atoms with Gasteiger partial charge in [-0.05, 0) is 23.6 Å². The number of nitrogens with one attached hydrogen (secondary N) is 1. The minimum absolute atomic E-state index is 0.0584. The Bertz CT molecular complexity index is 768. The lowest BCUT2D eigenvalue weighted by atomic mass is 10.2. The van der Waals surface area contributed by atoms with Crippen LogP contribution in [0.2, 0.25) is 0 Å². The Labute approximate surface area is 135 Å². The highest BCUT2D eigenvalue weighted by Gasteiger charge is 2.08. The third-order valence-electron chi connectivity index (χ3n) is 3.04. The van der Waals surface area contributed by atoms with Gasteiger partial charge in [0.2, 0.25) is 0 Å². The van der Waals surface area contributed by atoms with Crippen molar-refractivity contribution in [3.8, 4) is 11.3 Å². The van der Waals surface area contributed by atoms with Gasteiger partial charge in [-0.3, -0.25) is 4.79 Å². The second-order valence-corrected chi connectivity index (χ2v) is 6.51. The predicted molar refractivity (Wildman–Crippen MR) is 87.9 cm³/mol. The standard InChI is InChI=1S/C16H13FN2OS2/c17-12-4-1-3-11(9-12)13-10-22-15(19-13)6-7-18-16(20)14-5-2-8-21-14/h1-5,8-10H,6-7H2,(H,18,20). The first-order valence-electron chi connectivity index (χ1n) is 6.74. The van der Waals surface area contributed by atoms with Gasteiger partial charge in [0.25, 0.3) is 5.91 Å². The normalized spacial score (nSPS) is 10.6. The van der Waals surface area contributed by atoms with Crippen molar-refractivity contribution in [1.82, 2.24) is 10.3 Å². The first kappa shape index (κ1) is 14.9. The van der Waals surface area contributed by atoms with Crippen LogP contribution in [0.25, 0.3) is 11.3 Å². The lowest BCUT2D eigenvalue weighted by Gasteiger charge is -2.01. The molecule has 0 unspecified atom stereocenters. The molecule has 0 aliphatic rings. The molecule has 1 N–H and O–H groups in total. The van der Waals surface area contributed by atoms with Gasteiger partial charge in [0.05, 0.1) is 15.6 Å². The summed E-state index contributed by atoms with van der Waals surface area (Å²) in [7, 11) is 0. The van der Waals surface area contributed by atoms with Gasteiger partial charge in [0, 0.05) is 23.9 Å². The molecule has 3 nitrogen and oxygen atoms in total. The minimum atomic E-state index is -0.268. The highest BCUT2D eigenvalue weighted by Crippen LogP contribution is 2.22. The maximum atomic E-state index is 13.2. The molecule has 2 heterocycles. The zero-order valence-corrected chi connectivity index (χ0v) is 13.2. The Kier molecular flexibility index (Phi) is 4.60. The summed E-state index contributed by atoms with van der Waals surface area (Å²) in [5.41, 5.74) is 1.54. The first-order chi connectivity index (χ1) is 10.7. The first-order valence-corrected chi connectivity index (χ1v) is 8.50. The van der Waals surface area contributed by atoms with E-state index in [1.54, 1.807) is 12.1 Å². The van der Waals surface area contributed by atoms with E-state index in [4.69, 9.17) is 0 Å². The van der Waals surface area contributed by atoms with Gasteiger partial charge in [-0.1, -0.05) is 18.2 Å². The van der Waals surface area contributed by atoms with E-state index in [1.165, 1.54) is 34.8 Å². The fraction of sp³-hybridized carbons (Fsp3) is 0.125. The molecule has 0 bridgehead atoms. The molecule has 1 amide bonds. The SMILES string of the molecule is O=C(NCCc1nc(-c2cccc(F)c2)cs1)c1cccs1. The predicted octanol–water partition coefficient (Wildman–Crippen LogP) is 3.98. The average molecular weight is 332 g/mol. The van der Waals surface area contributed by atoms with Crippen LogP contribution >= 0.6 is 22.7 Å². The lowest BCUT2D eigenvalue weighted by Crippen LogP contribution is -2.24. The Balaban J connectivity index is 1.57. The highest BCUT2D eigenvalue weighted by molar-refractivity contribution is 7.12. The molecule has 22 heavy (non-hydrogen) atoms. The molecule has 1 aromatic carbocycles. The summed E-state index contributed by atoms with van der Waals surface area (Å²) >= 11 is 2.94. The number of aromatic nitrogens is 1. The number of carbonyl (C=O) groups is 1. The summed E-state index contributed by atoms with van der Waals surface area (Å²) in [5.74, 6) is -0.327. The van der Waals surface area contributed by atoms with Crippen molar-refractivity contribution < 1.29 is 9.18 Å². The second kappa shape index (κ2) is 6.81. The summed E-state index contributed by atoms with van der Waals surface area (Å²) in [6.45, 7) is 0.535. The molecule has 0 fully saturated rings. The van der Waals surface area contributed by atoms with Crippen molar-refractivity contribution in [2.24, 2.45) is 0 Å². The zero-order valence-electron chi connectivity index (χ0n) is 11.6. The van der Waals surface area contributed by atoms with E-state index >= 15 is 0 Å². The zero-order chi connectivity index (χ0) is 15.4. The molecule has 112 valence electrons. The number of thiophene rings is 1. The number of benzene rings is 1. The fourth-order valence-corrected chi connectivity index (χ4v) is 3.43. The molecule has 0 aliphatic carbocycles. The number of amides is 1. The van der Waals surface area contributed by atoms with E-state index < -0.39 is 0 Å². The van der Waals surface area contributed by atoms with E-state index in [1.807, 2.05) is 22.9 Å². The fourth-order valence-electron chi connectivity index (χ4n) is 1.98. The average Bonchev–Trinajstić information content (AvgIpc) is 3.19. The summed E-state index contributed by atoms with van der Waals surface area (Å²) < 4.78 is 13.2. The van der Waals surface area contributed by atoms with Gasteiger partial charge >= 0.3 is 0 Å². The molecule has 6 heteroatoms. The minimum Gasteiger partial charge on any atom is -0.351 e. The summed E-state index contributed by atoms with van der Waals surface area (Å²) in [5, 5.41) is 7.58. The van der Waals surface area contributed by atoms with Crippen molar-refractivity contribution in [3.05, 3.63) is 62.9 Å². The van der Waals surface area contributed by atoms with Gasteiger partial charge in [0.15, 0.2) is 0 Å². The highest BCUT2D eigenvalue weighted by atomic mass is 32.1. The smallest absolute Gasteiger partial charge is 0.261 e. The number of carbonyl (C=O) groups excluding carboxylic acids is 1. The number of thiazole rings is 1. The molecule has 0 saturated carbocycles. The number of rotatable bonds is 5. The molecule has 2 aromatic heterocycles. The van der Waals surface area contributed by atoms with Crippen LogP contribution in [-0.2, 0) is 6.42 Å². The third-order valence-corrected chi connectivity index (χ3v) is 4.82. The van der Waals surface area contributed by atoms with Crippen LogP contribution in [0.5, 0.6) is 0 Å². The van der Waals surface area contributed by atoms with Crippen LogP contribution < -0.4 is 5.32 Å². The molecule has 0 spiro atoms. The Morgan fingerprint density at radius 2 is 2.14 bits per heavy atom. The quantitative estimate of drug-likeness (QED) is 0.768. The van der Waals surface area contributed by atoms with Crippen molar-refractivity contribution in [1.29, 1.82) is 0 Å². The van der Waals surface area contributed by atoms with Gasteiger partial charge in [-0.15, -0.1) is 22.7 Å². The van der Waals surface area contributed by atoms with E-state index in [0.717, 1.165) is 16.3 Å². The van der Waals surface area contributed by atoms with E-state index in [-0.39, 0.29) is 11.7 Å². The van der Waals surface area contributed by atoms with Crippen molar-refractivity contribution in [3.63, 3.8) is 0 Å². The summed E-state index contributed by atoms with van der Waals surface area (Å²) in [6.07, 6.45) is 0.664. The number of hydrogen-bond acceptors (Lipinski definition) is 4. The molecular formula is C16H13FN2OS2. The second-order valence-electron chi connectivity index (χ2n) is 4.62. The number of nitrogens with zero attached hydrogens (tertiary/aromatic N) is 1. The van der Waals surface area contributed by atoms with Gasteiger partial charge in [-0.25, -0.2) is 9.37 Å². The molecular weight excluding hydrogens is 319 g/mol. The third kappa shape index (κ3) is 3.58. The van der Waals surface area contributed by atoms with E-state index in [2.05, 4.69) is 10.3 Å². The van der Waals surface area contributed by atoms with Crippen LogP contribution in [0.3, 0.4) is 0 Å². The van der Waals surface area contributed by atoms with E-state index in [0.29, 0.717) is 17.8 Å². The maximum absolute atomic E-state index is 13.2. The molecule has 0 aliphatic heterocycles. The van der Waals surface area contributed by atoms with Crippen LogP contribution in [0, 0.1) is 5.82 Å². The van der Waals surface area contributed by atoms with Crippen molar-refractivity contribution in [2.45, 2.75) is 6.42 Å². The molecule has 3 aromatic rings. The topological polar surface area (TPSA) is 42.0 Å². The van der Waals surface area contributed by atoms with Crippen molar-refractivity contribution in [2.75, 3.05) is 6.54 Å². The van der Waals surface area contributed by atoms with E-state index in [9.17, 15) is 9.18 Å². The van der Waals surface area contributed by atoms with Gasteiger partial charge < -0.3 is 5.32 Å². The molecule has 0 saturated heterocycles. The lowest BCUT2D eigenvalue weighted by molar-refractivity contribution is 0.0958. The monoisotopic (exact) mass is 332 g/mol. The van der Waals surface area contributed by atoms with Gasteiger partial charge in [-0.2, -0.15) is 0 Å². The molecule has 0 atom stereocenters. The summed E-state index contributed by atoms with van der Waals surface area (Å²) in [6, 6.07) is 10.0. The van der Waals surface area contributed by atoms with Crippen LogP contribution in [0.1, 0.15) is 14.7 Å². The largest absolute Gasteiger partial charge is 0.351 e. The Hall–Kier alpha value is -2.05. The van der Waals surface area contributed by atoms with Crippen LogP contribution in [0.15, 0.2) is 47.2 Å². The number of hydrogen-bond donors (Lipinski definition) is 1. The Morgan fingerprint density at radius 3 is 2.91 bits per heavy atom. The Morgan fingerprint density at radius 1 is 1.23 bits per heavy atom. The number of halogens is 1.